The number of rotatable bonds is 6. The number of nitrogens with zero attached hydrogens (tertiary/aromatic N) is 4. The third kappa shape index (κ3) is 3.17. The second-order valence-electron chi connectivity index (χ2n) is 4.44. The van der Waals surface area contributed by atoms with E-state index in [1.165, 1.54) is 0 Å². The van der Waals surface area contributed by atoms with Gasteiger partial charge in [0.15, 0.2) is 4.64 Å². The summed E-state index contributed by atoms with van der Waals surface area (Å²) < 4.78 is 2.35. The molecular formula is C12H19N5OS. The fourth-order valence-corrected chi connectivity index (χ4v) is 2.31. The topological polar surface area (TPSA) is 70.0 Å². The monoisotopic (exact) mass is 281 g/mol. The van der Waals surface area contributed by atoms with E-state index in [2.05, 4.69) is 33.7 Å². The van der Waals surface area contributed by atoms with E-state index >= 15 is 0 Å². The van der Waals surface area contributed by atoms with Crippen LogP contribution in [0.2, 0.25) is 0 Å². The fraction of sp³-hybridized carbons (Fsp3) is 0.583. The maximum absolute atomic E-state index is 10.1. The SMILES string of the molecule is CCN(CC)C[C@H](O)Cn1cnc2c(=S)nc[nH]c21. The quantitative estimate of drug-likeness (QED) is 0.778. The molecule has 104 valence electrons. The number of nitrogens with one attached hydrogen (secondary N) is 1. The lowest BCUT2D eigenvalue weighted by molar-refractivity contribution is 0.104. The maximum Gasteiger partial charge on any atom is 0.157 e. The molecule has 0 spiro atoms. The highest BCUT2D eigenvalue weighted by atomic mass is 32.1. The van der Waals surface area contributed by atoms with Gasteiger partial charge in [-0.15, -0.1) is 0 Å². The Morgan fingerprint density at radius 2 is 2.16 bits per heavy atom. The number of aromatic nitrogens is 4. The van der Waals surface area contributed by atoms with Gasteiger partial charge in [0.2, 0.25) is 0 Å². The summed E-state index contributed by atoms with van der Waals surface area (Å²) in [5, 5.41) is 10.1. The summed E-state index contributed by atoms with van der Waals surface area (Å²) in [4.78, 5) is 13.4. The minimum atomic E-state index is -0.438. The lowest BCUT2D eigenvalue weighted by Gasteiger charge is -2.22. The number of hydrogen-bond donors (Lipinski definition) is 2. The molecule has 0 fully saturated rings. The van der Waals surface area contributed by atoms with Gasteiger partial charge in [0.05, 0.1) is 25.3 Å². The first-order chi connectivity index (χ1) is 9.15. The summed E-state index contributed by atoms with van der Waals surface area (Å²) in [7, 11) is 0. The van der Waals surface area contributed by atoms with Crippen molar-refractivity contribution in [2.45, 2.75) is 26.5 Å². The van der Waals surface area contributed by atoms with Gasteiger partial charge in [-0.1, -0.05) is 26.1 Å². The van der Waals surface area contributed by atoms with Crippen molar-refractivity contribution >= 4 is 23.4 Å². The first-order valence-electron chi connectivity index (χ1n) is 6.44. The van der Waals surface area contributed by atoms with Gasteiger partial charge in [-0.25, -0.2) is 9.97 Å². The molecule has 19 heavy (non-hydrogen) atoms. The molecule has 0 aliphatic carbocycles. The van der Waals surface area contributed by atoms with Crippen LogP contribution in [0.4, 0.5) is 0 Å². The minimum absolute atomic E-state index is 0.438. The molecule has 2 rings (SSSR count). The van der Waals surface area contributed by atoms with Crippen molar-refractivity contribution in [3.05, 3.63) is 17.3 Å². The smallest absolute Gasteiger partial charge is 0.157 e. The van der Waals surface area contributed by atoms with Crippen molar-refractivity contribution in [3.8, 4) is 0 Å². The Hall–Kier alpha value is -1.31. The Kier molecular flexibility index (Phi) is 4.62. The molecule has 0 aromatic carbocycles. The Labute approximate surface area is 117 Å². The van der Waals surface area contributed by atoms with Gasteiger partial charge in [0, 0.05) is 6.54 Å². The van der Waals surface area contributed by atoms with Crippen LogP contribution in [0.5, 0.6) is 0 Å². The highest BCUT2D eigenvalue weighted by Crippen LogP contribution is 2.10. The zero-order valence-electron chi connectivity index (χ0n) is 11.2. The molecular weight excluding hydrogens is 262 g/mol. The van der Waals surface area contributed by atoms with Crippen molar-refractivity contribution in [2.24, 2.45) is 0 Å². The molecule has 0 amide bonds. The van der Waals surface area contributed by atoms with E-state index in [9.17, 15) is 5.11 Å². The third-order valence-corrected chi connectivity index (χ3v) is 3.49. The second-order valence-corrected chi connectivity index (χ2v) is 4.83. The summed E-state index contributed by atoms with van der Waals surface area (Å²) in [6.07, 6.45) is 2.80. The highest BCUT2D eigenvalue weighted by molar-refractivity contribution is 7.71. The average molecular weight is 281 g/mol. The molecule has 2 N–H and O–H groups in total. The zero-order chi connectivity index (χ0) is 13.8. The summed E-state index contributed by atoms with van der Waals surface area (Å²) in [6, 6.07) is 0. The minimum Gasteiger partial charge on any atom is -0.390 e. The molecule has 2 heterocycles. The van der Waals surface area contributed by atoms with Crippen LogP contribution in [0, 0.1) is 4.64 Å². The first kappa shape index (κ1) is 14.1. The molecule has 0 aliphatic heterocycles. The predicted octanol–water partition coefficient (Wildman–Crippen LogP) is 1.19. The number of imidazole rings is 1. The Morgan fingerprint density at radius 1 is 1.42 bits per heavy atom. The molecule has 1 atom stereocenters. The normalized spacial score (nSPS) is 13.3. The van der Waals surface area contributed by atoms with Gasteiger partial charge >= 0.3 is 0 Å². The van der Waals surface area contributed by atoms with Crippen LogP contribution >= 0.6 is 12.2 Å². The summed E-state index contributed by atoms with van der Waals surface area (Å²) >= 11 is 5.11. The molecule has 0 radical (unpaired) electrons. The fourth-order valence-electron chi connectivity index (χ4n) is 2.11. The standard InChI is InChI=1S/C12H19N5OS/c1-3-16(4-2)5-9(18)6-17-8-15-10-11(17)13-7-14-12(10)19/h7-9,18H,3-6H2,1-2H3,(H,13,14,19)/t9-/m0/s1. The molecule has 2 aromatic rings. The molecule has 6 nitrogen and oxygen atoms in total. The van der Waals surface area contributed by atoms with Crippen LogP contribution in [0.25, 0.3) is 11.2 Å². The number of aliphatic hydroxyl groups excluding tert-OH is 1. The van der Waals surface area contributed by atoms with Crippen LogP contribution in [-0.4, -0.2) is 55.3 Å². The zero-order valence-corrected chi connectivity index (χ0v) is 12.0. The lowest BCUT2D eigenvalue weighted by Crippen LogP contribution is -2.34. The van der Waals surface area contributed by atoms with Crippen molar-refractivity contribution in [1.82, 2.24) is 24.4 Å². The number of hydrogen-bond acceptors (Lipinski definition) is 5. The van der Waals surface area contributed by atoms with Crippen molar-refractivity contribution in [1.29, 1.82) is 0 Å². The molecule has 2 aromatic heterocycles. The van der Waals surface area contributed by atoms with Gasteiger partial charge in [-0.2, -0.15) is 0 Å². The van der Waals surface area contributed by atoms with Crippen LogP contribution in [-0.2, 0) is 6.54 Å². The number of aliphatic hydroxyl groups is 1. The number of aromatic amines is 1. The molecule has 0 aliphatic rings. The van der Waals surface area contributed by atoms with Crippen molar-refractivity contribution in [2.75, 3.05) is 19.6 Å². The van der Waals surface area contributed by atoms with Gasteiger partial charge in [-0.05, 0) is 13.1 Å². The van der Waals surface area contributed by atoms with Crippen LogP contribution in [0.1, 0.15) is 13.8 Å². The number of fused-ring (bicyclic) bond motifs is 1. The van der Waals surface area contributed by atoms with Gasteiger partial charge in [0.1, 0.15) is 11.2 Å². The molecule has 0 bridgehead atoms. The van der Waals surface area contributed by atoms with E-state index in [1.54, 1.807) is 12.7 Å². The summed E-state index contributed by atoms with van der Waals surface area (Å²) in [6.45, 7) is 7.19. The Morgan fingerprint density at radius 3 is 2.84 bits per heavy atom. The summed E-state index contributed by atoms with van der Waals surface area (Å²) in [5.41, 5.74) is 1.48. The van der Waals surface area contributed by atoms with Crippen molar-refractivity contribution < 1.29 is 5.11 Å². The van der Waals surface area contributed by atoms with Gasteiger partial charge in [-0.3, -0.25) is 0 Å². The average Bonchev–Trinajstić information content (AvgIpc) is 2.81. The number of likely N-dealkylation sites (N-methyl/N-ethyl adjacent to an activating group) is 1. The van der Waals surface area contributed by atoms with E-state index in [0.29, 0.717) is 23.2 Å². The van der Waals surface area contributed by atoms with E-state index in [-0.39, 0.29) is 0 Å². The molecule has 7 heteroatoms. The Balaban J connectivity index is 2.13. The van der Waals surface area contributed by atoms with Crippen LogP contribution in [0.15, 0.2) is 12.7 Å². The Bertz CT molecular complexity index is 589. The van der Waals surface area contributed by atoms with E-state index < -0.39 is 6.10 Å². The highest BCUT2D eigenvalue weighted by Gasteiger charge is 2.12. The van der Waals surface area contributed by atoms with Crippen LogP contribution < -0.4 is 0 Å². The number of H-pyrrole nitrogens is 1. The second kappa shape index (κ2) is 6.23. The van der Waals surface area contributed by atoms with E-state index in [0.717, 1.165) is 18.7 Å². The maximum atomic E-state index is 10.1. The van der Waals surface area contributed by atoms with E-state index in [4.69, 9.17) is 12.2 Å². The molecule has 0 unspecified atom stereocenters. The predicted molar refractivity (Wildman–Crippen MR) is 76.5 cm³/mol. The van der Waals surface area contributed by atoms with Crippen molar-refractivity contribution in [3.63, 3.8) is 0 Å². The first-order valence-corrected chi connectivity index (χ1v) is 6.85. The van der Waals surface area contributed by atoms with Gasteiger partial charge < -0.3 is 19.6 Å². The van der Waals surface area contributed by atoms with E-state index in [1.807, 2.05) is 4.57 Å². The third-order valence-electron chi connectivity index (χ3n) is 3.19. The molecule has 0 saturated carbocycles. The summed E-state index contributed by atoms with van der Waals surface area (Å²) in [5.74, 6) is 0. The van der Waals surface area contributed by atoms with Gasteiger partial charge in [0.25, 0.3) is 0 Å². The van der Waals surface area contributed by atoms with Crippen LogP contribution in [0.3, 0.4) is 0 Å². The largest absolute Gasteiger partial charge is 0.390 e. The lowest BCUT2D eigenvalue weighted by atomic mass is 10.3. The molecule has 0 saturated heterocycles.